The summed E-state index contributed by atoms with van der Waals surface area (Å²) in [5, 5.41) is 0. The van der Waals surface area contributed by atoms with Crippen LogP contribution in [0.3, 0.4) is 0 Å². The molecular formula is C24H26O8S. The summed E-state index contributed by atoms with van der Waals surface area (Å²) in [5.41, 5.74) is 0. The second-order valence-corrected chi connectivity index (χ2v) is 8.43. The highest BCUT2D eigenvalue weighted by atomic mass is 32.2. The van der Waals surface area contributed by atoms with Crippen LogP contribution in [0.25, 0.3) is 0 Å². The minimum absolute atomic E-state index is 0.0101. The first-order chi connectivity index (χ1) is 15.9. The van der Waals surface area contributed by atoms with Crippen molar-refractivity contribution < 1.29 is 37.0 Å². The third kappa shape index (κ3) is 7.80. The minimum Gasteiger partial charge on any atom is -0.492 e. The molecule has 0 spiro atoms. The van der Waals surface area contributed by atoms with Gasteiger partial charge in [0.25, 0.3) is 0 Å². The van der Waals surface area contributed by atoms with Gasteiger partial charge in [-0.15, -0.1) is 0 Å². The molecule has 8 nitrogen and oxygen atoms in total. The van der Waals surface area contributed by atoms with Crippen LogP contribution < -0.4 is 9.47 Å². The van der Waals surface area contributed by atoms with Crippen LogP contribution in [0.5, 0.6) is 11.5 Å². The molecular weight excluding hydrogens is 448 g/mol. The van der Waals surface area contributed by atoms with E-state index in [4.69, 9.17) is 18.9 Å². The molecule has 0 bridgehead atoms. The van der Waals surface area contributed by atoms with Crippen LogP contribution in [0, 0.1) is 0 Å². The molecule has 0 N–H and O–H groups in total. The second kappa shape index (κ2) is 13.1. The molecule has 0 aliphatic heterocycles. The molecule has 0 unspecified atom stereocenters. The van der Waals surface area contributed by atoms with Gasteiger partial charge in [-0.1, -0.05) is 37.4 Å². The molecule has 0 aliphatic rings. The molecule has 0 radical (unpaired) electrons. The Balaban J connectivity index is 2.09. The van der Waals surface area contributed by atoms with Gasteiger partial charge in [0.2, 0.25) is 9.84 Å². The van der Waals surface area contributed by atoms with Gasteiger partial charge in [-0.05, 0) is 24.3 Å². The molecule has 0 aromatic heterocycles. The fraction of sp³-hybridized carbons (Fsp3) is 0.250. The first-order valence-electron chi connectivity index (χ1n) is 10.2. The van der Waals surface area contributed by atoms with Gasteiger partial charge >= 0.3 is 11.9 Å². The van der Waals surface area contributed by atoms with Crippen molar-refractivity contribution in [2.24, 2.45) is 0 Å². The van der Waals surface area contributed by atoms with E-state index in [1.54, 1.807) is 36.4 Å². The third-order valence-electron chi connectivity index (χ3n) is 4.19. The molecule has 0 saturated carbocycles. The van der Waals surface area contributed by atoms with Crippen LogP contribution in [0.15, 0.2) is 83.6 Å². The largest absolute Gasteiger partial charge is 0.492 e. The van der Waals surface area contributed by atoms with Crippen molar-refractivity contribution in [2.75, 3.05) is 26.4 Å². The van der Waals surface area contributed by atoms with Crippen LogP contribution in [0.1, 0.15) is 12.8 Å². The highest BCUT2D eigenvalue weighted by Gasteiger charge is 2.25. The van der Waals surface area contributed by atoms with Crippen LogP contribution >= 0.6 is 0 Å². The van der Waals surface area contributed by atoms with Gasteiger partial charge < -0.3 is 18.9 Å². The number of hydrogen-bond acceptors (Lipinski definition) is 8. The lowest BCUT2D eigenvalue weighted by molar-refractivity contribution is -0.138. The van der Waals surface area contributed by atoms with Crippen molar-refractivity contribution in [3.63, 3.8) is 0 Å². The van der Waals surface area contributed by atoms with Gasteiger partial charge in [0.1, 0.15) is 21.3 Å². The van der Waals surface area contributed by atoms with E-state index in [2.05, 4.69) is 13.2 Å². The zero-order valence-electron chi connectivity index (χ0n) is 18.1. The number of benzene rings is 2. The maximum absolute atomic E-state index is 13.4. The molecule has 2 aromatic rings. The maximum atomic E-state index is 13.4. The van der Waals surface area contributed by atoms with Crippen molar-refractivity contribution >= 4 is 21.8 Å². The second-order valence-electron chi connectivity index (χ2n) is 6.54. The Hall–Kier alpha value is -3.59. The van der Waals surface area contributed by atoms with Gasteiger partial charge in [-0.25, -0.2) is 18.0 Å². The van der Waals surface area contributed by atoms with Crippen molar-refractivity contribution in [1.82, 2.24) is 0 Å². The van der Waals surface area contributed by atoms with E-state index < -0.39 is 21.8 Å². The van der Waals surface area contributed by atoms with Crippen LogP contribution in [-0.2, 0) is 28.9 Å². The van der Waals surface area contributed by atoms with E-state index in [0.717, 1.165) is 12.2 Å². The Morgan fingerprint density at radius 2 is 1.09 bits per heavy atom. The normalized spacial score (nSPS) is 10.7. The summed E-state index contributed by atoms with van der Waals surface area (Å²) >= 11 is 0. The third-order valence-corrected chi connectivity index (χ3v) is 6.02. The summed E-state index contributed by atoms with van der Waals surface area (Å²) in [5.74, 6) is -0.709. The summed E-state index contributed by atoms with van der Waals surface area (Å²) < 4.78 is 47.8. The molecule has 176 valence electrons. The molecule has 0 atom stereocenters. The van der Waals surface area contributed by atoms with E-state index in [9.17, 15) is 18.0 Å². The van der Waals surface area contributed by atoms with E-state index in [1.807, 2.05) is 0 Å². The summed E-state index contributed by atoms with van der Waals surface area (Å²) in [6.45, 7) is 7.18. The summed E-state index contributed by atoms with van der Waals surface area (Å²) in [6.07, 6.45) is 2.89. The Bertz CT molecular complexity index is 996. The zero-order chi connectivity index (χ0) is 24.1. The first kappa shape index (κ1) is 25.7. The molecule has 33 heavy (non-hydrogen) atoms. The molecule has 0 fully saturated rings. The predicted molar refractivity (Wildman–Crippen MR) is 121 cm³/mol. The van der Waals surface area contributed by atoms with E-state index in [0.29, 0.717) is 12.8 Å². The van der Waals surface area contributed by atoms with Crippen LogP contribution in [0.4, 0.5) is 0 Å². The van der Waals surface area contributed by atoms with Gasteiger partial charge in [0.15, 0.2) is 0 Å². The maximum Gasteiger partial charge on any atom is 0.330 e. The smallest absolute Gasteiger partial charge is 0.330 e. The topological polar surface area (TPSA) is 105 Å². The number of carbonyl (C=O) groups is 2. The fourth-order valence-corrected chi connectivity index (χ4v) is 4.18. The molecule has 2 aromatic carbocycles. The molecule has 2 rings (SSSR count). The lowest BCUT2D eigenvalue weighted by atomic mass is 10.3. The Labute approximate surface area is 193 Å². The van der Waals surface area contributed by atoms with Gasteiger partial charge in [0, 0.05) is 25.0 Å². The number of hydrogen-bond donors (Lipinski definition) is 0. The number of esters is 2. The number of carbonyl (C=O) groups excluding carboxylic acids is 2. The van der Waals surface area contributed by atoms with Crippen molar-refractivity contribution in [3.05, 3.63) is 73.8 Å². The van der Waals surface area contributed by atoms with Gasteiger partial charge in [-0.2, -0.15) is 0 Å². The van der Waals surface area contributed by atoms with Crippen LogP contribution in [-0.4, -0.2) is 46.8 Å². The Kier molecular flexibility index (Phi) is 10.2. The molecule has 0 aliphatic carbocycles. The molecule has 0 heterocycles. The van der Waals surface area contributed by atoms with Gasteiger partial charge in [-0.3, -0.25) is 0 Å². The Morgan fingerprint density at radius 1 is 0.697 bits per heavy atom. The van der Waals surface area contributed by atoms with Crippen molar-refractivity contribution in [3.8, 4) is 11.5 Å². The average molecular weight is 475 g/mol. The van der Waals surface area contributed by atoms with E-state index >= 15 is 0 Å². The fourth-order valence-electron chi connectivity index (χ4n) is 2.65. The Morgan fingerprint density at radius 3 is 1.48 bits per heavy atom. The number of rotatable bonds is 14. The molecule has 9 heteroatoms. The van der Waals surface area contributed by atoms with E-state index in [-0.39, 0.29) is 47.7 Å². The van der Waals surface area contributed by atoms with Crippen molar-refractivity contribution in [2.45, 2.75) is 22.6 Å². The SMILES string of the molecule is C=CC(=O)OCCCOc1ccccc1S(=O)(=O)c1ccccc1OCCCOC(=O)C=C. The standard InChI is InChI=1S/C24H26O8S/c1-3-23(25)31-17-9-15-29-19-11-5-7-13-21(19)33(27,28)22-14-8-6-12-20(22)30-16-10-18-32-24(26)4-2/h3-8,11-14H,1-2,9-10,15-18H2. The molecule has 0 amide bonds. The average Bonchev–Trinajstić information content (AvgIpc) is 2.83. The summed E-state index contributed by atoms with van der Waals surface area (Å²) in [4.78, 5) is 22.1. The van der Waals surface area contributed by atoms with Crippen molar-refractivity contribution in [1.29, 1.82) is 0 Å². The first-order valence-corrected chi connectivity index (χ1v) is 11.7. The lowest BCUT2D eigenvalue weighted by Crippen LogP contribution is -2.11. The zero-order valence-corrected chi connectivity index (χ0v) is 18.9. The predicted octanol–water partition coefficient (Wildman–Crippen LogP) is 3.52. The monoisotopic (exact) mass is 474 g/mol. The number of ether oxygens (including phenoxy) is 4. The highest BCUT2D eigenvalue weighted by molar-refractivity contribution is 7.91. The summed E-state index contributed by atoms with van der Waals surface area (Å²) in [6, 6.07) is 12.5. The van der Waals surface area contributed by atoms with Crippen LogP contribution in [0.2, 0.25) is 0 Å². The van der Waals surface area contributed by atoms with Gasteiger partial charge in [0.05, 0.1) is 26.4 Å². The van der Waals surface area contributed by atoms with E-state index in [1.165, 1.54) is 12.1 Å². The number of para-hydroxylation sites is 2. The molecule has 0 saturated heterocycles. The highest BCUT2D eigenvalue weighted by Crippen LogP contribution is 2.34. The summed E-state index contributed by atoms with van der Waals surface area (Å²) in [7, 11) is -3.97. The number of sulfone groups is 1. The quantitative estimate of drug-likeness (QED) is 0.233. The minimum atomic E-state index is -3.97. The lowest BCUT2D eigenvalue weighted by Gasteiger charge is -2.15.